The second-order valence-corrected chi connectivity index (χ2v) is 7.19. The lowest BCUT2D eigenvalue weighted by Gasteiger charge is -2.33. The van der Waals surface area contributed by atoms with Gasteiger partial charge in [0.15, 0.2) is 0 Å². The highest BCUT2D eigenvalue weighted by Gasteiger charge is 2.27. The Hall–Kier alpha value is -3.14. The lowest BCUT2D eigenvalue weighted by molar-refractivity contribution is -0.134. The number of nitrogens with zero attached hydrogens (tertiary/aromatic N) is 4. The van der Waals surface area contributed by atoms with E-state index in [1.54, 1.807) is 29.3 Å². The Morgan fingerprint density at radius 2 is 2.00 bits per heavy atom. The minimum atomic E-state index is -0.288. The lowest BCUT2D eigenvalue weighted by Crippen LogP contribution is -2.42. The molecule has 2 heterocycles. The molecule has 0 bridgehead atoms. The summed E-state index contributed by atoms with van der Waals surface area (Å²) in [7, 11) is 1.83. The van der Waals surface area contributed by atoms with Crippen LogP contribution in [0.25, 0.3) is 0 Å². The molecule has 0 atom stereocenters. The summed E-state index contributed by atoms with van der Waals surface area (Å²) in [5, 5.41) is 8.86. The first kappa shape index (κ1) is 20.6. The van der Waals surface area contributed by atoms with Gasteiger partial charge in [0.2, 0.25) is 5.91 Å². The van der Waals surface area contributed by atoms with Crippen molar-refractivity contribution in [3.63, 3.8) is 0 Å². The second kappa shape index (κ2) is 9.87. The molecular formula is C22H25FN4O2. The molecule has 1 aromatic heterocycles. The van der Waals surface area contributed by atoms with Crippen molar-refractivity contribution in [2.75, 3.05) is 38.2 Å². The Labute approximate surface area is 170 Å². The summed E-state index contributed by atoms with van der Waals surface area (Å²) in [4.78, 5) is 21.0. The molecule has 0 unspecified atom stereocenters. The van der Waals surface area contributed by atoms with Crippen LogP contribution in [-0.4, -0.2) is 49.1 Å². The number of aromatic nitrogens is 1. The van der Waals surface area contributed by atoms with Crippen LogP contribution in [-0.2, 0) is 4.79 Å². The van der Waals surface area contributed by atoms with Crippen LogP contribution < -0.4 is 9.64 Å². The summed E-state index contributed by atoms with van der Waals surface area (Å²) < 4.78 is 18.5. The van der Waals surface area contributed by atoms with Crippen molar-refractivity contribution < 1.29 is 13.9 Å². The summed E-state index contributed by atoms with van der Waals surface area (Å²) in [6.07, 6.45) is 3.87. The third-order valence-electron chi connectivity index (χ3n) is 5.14. The van der Waals surface area contributed by atoms with Crippen molar-refractivity contribution in [3.05, 3.63) is 54.0 Å². The van der Waals surface area contributed by atoms with Gasteiger partial charge in [-0.1, -0.05) is 0 Å². The molecule has 6 nitrogen and oxygen atoms in total. The van der Waals surface area contributed by atoms with Crippen LogP contribution in [0, 0.1) is 23.1 Å². The molecule has 152 valence electrons. The van der Waals surface area contributed by atoms with Gasteiger partial charge in [0.25, 0.3) is 0 Å². The number of piperidine rings is 1. The van der Waals surface area contributed by atoms with Gasteiger partial charge in [-0.05, 0) is 55.7 Å². The highest BCUT2D eigenvalue weighted by Crippen LogP contribution is 2.23. The summed E-state index contributed by atoms with van der Waals surface area (Å²) in [5.41, 5.74) is 0.545. The molecule has 0 aliphatic carbocycles. The third-order valence-corrected chi connectivity index (χ3v) is 5.14. The largest absolute Gasteiger partial charge is 0.494 e. The average Bonchev–Trinajstić information content (AvgIpc) is 2.77. The molecule has 0 spiro atoms. The van der Waals surface area contributed by atoms with Crippen LogP contribution in [0.2, 0.25) is 0 Å². The quantitative estimate of drug-likeness (QED) is 0.672. The highest BCUT2D eigenvalue weighted by atomic mass is 19.1. The molecule has 7 heteroatoms. The van der Waals surface area contributed by atoms with Crippen LogP contribution in [0.3, 0.4) is 0 Å². The third kappa shape index (κ3) is 5.67. The van der Waals surface area contributed by atoms with Crippen molar-refractivity contribution in [2.45, 2.75) is 19.3 Å². The van der Waals surface area contributed by atoms with Gasteiger partial charge in [-0.25, -0.2) is 9.37 Å². The SMILES string of the molecule is CN(CCCOc1ccc(F)cc1)C(=O)C1CCN(c2ccc(C#N)cn2)CC1. The van der Waals surface area contributed by atoms with Gasteiger partial charge in [0.1, 0.15) is 23.5 Å². The molecule has 1 aliphatic rings. The molecule has 1 aliphatic heterocycles. The first-order valence-electron chi connectivity index (χ1n) is 9.81. The maximum atomic E-state index is 12.9. The number of benzene rings is 1. The van der Waals surface area contributed by atoms with E-state index in [-0.39, 0.29) is 17.6 Å². The summed E-state index contributed by atoms with van der Waals surface area (Å²) in [6, 6.07) is 11.6. The number of anilines is 1. The molecule has 0 N–H and O–H groups in total. The number of hydrogen-bond acceptors (Lipinski definition) is 5. The zero-order valence-electron chi connectivity index (χ0n) is 16.6. The van der Waals surface area contributed by atoms with Crippen molar-refractivity contribution in [2.24, 2.45) is 5.92 Å². The number of carbonyl (C=O) groups excluding carboxylic acids is 1. The van der Waals surface area contributed by atoms with Crippen LogP contribution in [0.4, 0.5) is 10.2 Å². The van der Waals surface area contributed by atoms with Crippen molar-refractivity contribution >= 4 is 11.7 Å². The van der Waals surface area contributed by atoms with E-state index in [0.29, 0.717) is 30.9 Å². The molecule has 29 heavy (non-hydrogen) atoms. The number of hydrogen-bond donors (Lipinski definition) is 0. The molecule has 1 saturated heterocycles. The number of pyridine rings is 1. The molecule has 2 aromatic rings. The number of rotatable bonds is 7. The van der Waals surface area contributed by atoms with Gasteiger partial charge < -0.3 is 14.5 Å². The molecule has 1 amide bonds. The van der Waals surface area contributed by atoms with Gasteiger partial charge >= 0.3 is 0 Å². The standard InChI is InChI=1S/C22H25FN4O2/c1-26(11-2-14-29-20-6-4-19(23)5-7-20)22(28)18-9-12-27(13-10-18)21-8-3-17(15-24)16-25-21/h3-8,16,18H,2,9-14H2,1H3. The number of amides is 1. The smallest absolute Gasteiger partial charge is 0.225 e. The first-order chi connectivity index (χ1) is 14.1. The second-order valence-electron chi connectivity index (χ2n) is 7.19. The van der Waals surface area contributed by atoms with Gasteiger partial charge in [0.05, 0.1) is 12.2 Å². The molecule has 1 aromatic carbocycles. The number of carbonyl (C=O) groups is 1. The van der Waals surface area contributed by atoms with Crippen LogP contribution >= 0.6 is 0 Å². The van der Waals surface area contributed by atoms with E-state index in [4.69, 9.17) is 10.00 Å². The average molecular weight is 396 g/mol. The Balaban J connectivity index is 1.38. The van der Waals surface area contributed by atoms with Gasteiger partial charge in [-0.15, -0.1) is 0 Å². The van der Waals surface area contributed by atoms with Crippen molar-refractivity contribution in [1.82, 2.24) is 9.88 Å². The fourth-order valence-corrected chi connectivity index (χ4v) is 3.44. The van der Waals surface area contributed by atoms with Crippen LogP contribution in [0.1, 0.15) is 24.8 Å². The Bertz CT molecular complexity index is 841. The number of ether oxygens (including phenoxy) is 1. The summed E-state index contributed by atoms with van der Waals surface area (Å²) >= 11 is 0. The van der Waals surface area contributed by atoms with E-state index in [0.717, 1.165) is 31.7 Å². The zero-order chi connectivity index (χ0) is 20.6. The van der Waals surface area contributed by atoms with Gasteiger partial charge in [-0.2, -0.15) is 5.26 Å². The minimum absolute atomic E-state index is 0.0210. The number of nitriles is 1. The Morgan fingerprint density at radius 3 is 2.62 bits per heavy atom. The predicted octanol–water partition coefficient (Wildman–Crippen LogP) is 3.24. The molecule has 0 saturated carbocycles. The van der Waals surface area contributed by atoms with E-state index in [1.807, 2.05) is 13.1 Å². The molecule has 0 radical (unpaired) electrons. The van der Waals surface area contributed by atoms with E-state index in [2.05, 4.69) is 16.0 Å². The van der Waals surface area contributed by atoms with Crippen LogP contribution in [0.5, 0.6) is 5.75 Å². The van der Waals surface area contributed by atoms with Crippen molar-refractivity contribution in [3.8, 4) is 11.8 Å². The highest BCUT2D eigenvalue weighted by molar-refractivity contribution is 5.78. The normalized spacial score (nSPS) is 14.3. The van der Waals surface area contributed by atoms with Gasteiger partial charge in [0, 0.05) is 38.8 Å². The molecule has 1 fully saturated rings. The maximum Gasteiger partial charge on any atom is 0.225 e. The fraction of sp³-hybridized carbons (Fsp3) is 0.409. The van der Waals surface area contributed by atoms with E-state index < -0.39 is 0 Å². The zero-order valence-corrected chi connectivity index (χ0v) is 16.6. The Kier molecular flexibility index (Phi) is 7.01. The fourth-order valence-electron chi connectivity index (χ4n) is 3.44. The molecule has 3 rings (SSSR count). The predicted molar refractivity (Wildman–Crippen MR) is 108 cm³/mol. The topological polar surface area (TPSA) is 69.5 Å². The molecular weight excluding hydrogens is 371 g/mol. The summed E-state index contributed by atoms with van der Waals surface area (Å²) in [6.45, 7) is 2.65. The Morgan fingerprint density at radius 1 is 1.28 bits per heavy atom. The van der Waals surface area contributed by atoms with Crippen molar-refractivity contribution in [1.29, 1.82) is 5.26 Å². The maximum absolute atomic E-state index is 12.9. The number of halogens is 1. The van der Waals surface area contributed by atoms with E-state index in [9.17, 15) is 9.18 Å². The van der Waals surface area contributed by atoms with Gasteiger partial charge in [-0.3, -0.25) is 4.79 Å². The van der Waals surface area contributed by atoms with E-state index in [1.165, 1.54) is 12.1 Å². The lowest BCUT2D eigenvalue weighted by atomic mass is 9.95. The van der Waals surface area contributed by atoms with Crippen LogP contribution in [0.15, 0.2) is 42.6 Å². The first-order valence-corrected chi connectivity index (χ1v) is 9.81. The summed E-state index contributed by atoms with van der Waals surface area (Å²) in [5.74, 6) is 1.38. The van der Waals surface area contributed by atoms with E-state index >= 15 is 0 Å². The monoisotopic (exact) mass is 396 g/mol. The minimum Gasteiger partial charge on any atom is -0.494 e.